The minimum absolute atomic E-state index is 0. The van der Waals surface area contributed by atoms with E-state index in [0.29, 0.717) is 7.92 Å². The molecule has 14 heavy (non-hydrogen) atoms. The van der Waals surface area contributed by atoms with Gasteiger partial charge in [-0.15, -0.1) is 7.92 Å². The van der Waals surface area contributed by atoms with Gasteiger partial charge in [0.05, 0.1) is 0 Å². The molecule has 0 N–H and O–H groups in total. The molecule has 2 heteroatoms. The van der Waals surface area contributed by atoms with Crippen molar-refractivity contribution in [1.82, 2.24) is 0 Å². The first-order valence-corrected chi connectivity index (χ1v) is 7.97. The van der Waals surface area contributed by atoms with Crippen LogP contribution in [0.5, 0.6) is 0 Å². The van der Waals surface area contributed by atoms with Crippen LogP contribution in [0, 0.1) is 37.7 Å². The summed E-state index contributed by atoms with van der Waals surface area (Å²) in [5.41, 5.74) is 0. The topological polar surface area (TPSA) is 0 Å². The van der Waals surface area contributed by atoms with Crippen molar-refractivity contribution in [3.63, 3.8) is 0 Å². The van der Waals surface area contributed by atoms with Crippen molar-refractivity contribution >= 4 is 7.92 Å². The minimum Gasteiger partial charge on any atom is -0.107 e. The molecule has 0 atom stereocenters. The van der Waals surface area contributed by atoms with E-state index in [9.17, 15) is 0 Å². The molecular formula is C12H27ArP. The summed E-state index contributed by atoms with van der Waals surface area (Å²) in [6.07, 6.45) is 13.2. The van der Waals surface area contributed by atoms with Gasteiger partial charge in [0.1, 0.15) is 0 Å². The van der Waals surface area contributed by atoms with E-state index in [-0.39, 0.29) is 37.7 Å². The Kier molecular flexibility index (Phi) is 19.0. The summed E-state index contributed by atoms with van der Waals surface area (Å²) in [5.74, 6) is 0. The molecule has 0 spiro atoms. The summed E-state index contributed by atoms with van der Waals surface area (Å²) >= 11 is 0. The molecule has 0 unspecified atom stereocenters. The number of rotatable bonds is 9. The van der Waals surface area contributed by atoms with Crippen LogP contribution in [-0.4, -0.2) is 18.5 Å². The first-order chi connectivity index (χ1) is 6.35. The molecule has 0 aromatic heterocycles. The number of unbranched alkanes of at least 4 members (excludes halogenated alkanes) is 3. The van der Waals surface area contributed by atoms with Gasteiger partial charge in [0, 0.05) is 37.7 Å². The van der Waals surface area contributed by atoms with Crippen LogP contribution in [0.2, 0.25) is 0 Å². The van der Waals surface area contributed by atoms with Crippen molar-refractivity contribution in [2.75, 3.05) is 18.5 Å². The number of hydrogen-bond acceptors (Lipinski definition) is 0. The van der Waals surface area contributed by atoms with Gasteiger partial charge in [0.15, 0.2) is 0 Å². The average molecular weight is 242 g/mol. The largest absolute Gasteiger partial charge is 0.107 e. The summed E-state index contributed by atoms with van der Waals surface area (Å²) in [4.78, 5) is 0. The van der Waals surface area contributed by atoms with Crippen LogP contribution in [0.4, 0.5) is 0 Å². The quantitative estimate of drug-likeness (QED) is 0.506. The predicted octanol–water partition coefficient (Wildman–Crippen LogP) is 4.87. The zero-order valence-corrected chi connectivity index (χ0v) is 11.8. The van der Waals surface area contributed by atoms with Crippen LogP contribution in [0.15, 0.2) is 0 Å². The fourth-order valence-electron chi connectivity index (χ4n) is 1.48. The van der Waals surface area contributed by atoms with Gasteiger partial charge in [-0.2, -0.15) is 0 Å². The van der Waals surface area contributed by atoms with Gasteiger partial charge in [-0.3, -0.25) is 0 Å². The normalized spacial score (nSPS) is 10.3. The minimum atomic E-state index is 0. The molecule has 0 aliphatic carbocycles. The van der Waals surface area contributed by atoms with Gasteiger partial charge >= 0.3 is 0 Å². The predicted molar refractivity (Wildman–Crippen MR) is 66.2 cm³/mol. The fourth-order valence-corrected chi connectivity index (χ4v) is 4.44. The Labute approximate surface area is 122 Å². The summed E-state index contributed by atoms with van der Waals surface area (Å²) < 4.78 is 0. The first kappa shape index (κ1) is 18.1. The zero-order valence-electron chi connectivity index (χ0n) is 10.2. The molecule has 0 aliphatic rings. The van der Waals surface area contributed by atoms with Gasteiger partial charge in [-0.05, 0) is 37.7 Å². The van der Waals surface area contributed by atoms with Crippen molar-refractivity contribution in [3.8, 4) is 0 Å². The fraction of sp³-hybridized carbons (Fsp3) is 1.00. The molecule has 0 rings (SSSR count). The molecule has 0 radical (unpaired) electrons. The zero-order chi connectivity index (χ0) is 9.94. The number of hydrogen-bond donors (Lipinski definition) is 0. The summed E-state index contributed by atoms with van der Waals surface area (Å²) in [7, 11) is 0.422. The Morgan fingerprint density at radius 2 is 0.929 bits per heavy atom. The SMILES string of the molecule is CCCCP(CCCC)CCCC.[Ar]. The van der Waals surface area contributed by atoms with Gasteiger partial charge < -0.3 is 0 Å². The Balaban J connectivity index is 0. The van der Waals surface area contributed by atoms with Crippen LogP contribution in [0.3, 0.4) is 0 Å². The van der Waals surface area contributed by atoms with Crippen molar-refractivity contribution in [1.29, 1.82) is 0 Å². The van der Waals surface area contributed by atoms with Crippen LogP contribution in [0.25, 0.3) is 0 Å². The van der Waals surface area contributed by atoms with E-state index in [1.165, 1.54) is 38.5 Å². The van der Waals surface area contributed by atoms with Gasteiger partial charge in [-0.25, -0.2) is 0 Å². The van der Waals surface area contributed by atoms with Crippen LogP contribution in [-0.2, 0) is 0 Å². The first-order valence-electron chi connectivity index (χ1n) is 6.07. The second kappa shape index (κ2) is 14.7. The van der Waals surface area contributed by atoms with Gasteiger partial charge in [0.2, 0.25) is 0 Å². The van der Waals surface area contributed by atoms with Gasteiger partial charge in [-0.1, -0.05) is 40.0 Å². The van der Waals surface area contributed by atoms with E-state index in [4.69, 9.17) is 0 Å². The maximum atomic E-state index is 2.31. The summed E-state index contributed by atoms with van der Waals surface area (Å²) in [5, 5.41) is 0. The molecule has 0 heterocycles. The van der Waals surface area contributed by atoms with Crippen molar-refractivity contribution in [2.24, 2.45) is 0 Å². The van der Waals surface area contributed by atoms with Crippen LogP contribution < -0.4 is 0 Å². The van der Waals surface area contributed by atoms with E-state index >= 15 is 0 Å². The smallest absolute Gasteiger partial charge is 0 e. The second-order valence-corrected chi connectivity index (χ2v) is 6.59. The van der Waals surface area contributed by atoms with Crippen LogP contribution in [0.1, 0.15) is 59.3 Å². The van der Waals surface area contributed by atoms with Crippen molar-refractivity contribution in [2.45, 2.75) is 59.3 Å². The standard InChI is InChI=1S/C12H27P.Ar/c1-4-7-10-13(11-8-5-2)12-9-6-3;/h4-12H2,1-3H3;. The Morgan fingerprint density at radius 3 is 1.14 bits per heavy atom. The average Bonchev–Trinajstić information content (AvgIpc) is 2.17. The van der Waals surface area contributed by atoms with E-state index in [1.807, 2.05) is 0 Å². The molecule has 0 saturated carbocycles. The summed E-state index contributed by atoms with van der Waals surface area (Å²) in [6.45, 7) is 6.94. The Hall–Kier alpha value is 1.69. The summed E-state index contributed by atoms with van der Waals surface area (Å²) in [6, 6.07) is 0. The van der Waals surface area contributed by atoms with Crippen molar-refractivity contribution < 1.29 is 37.7 Å². The second-order valence-electron chi connectivity index (χ2n) is 3.90. The molecule has 0 saturated heterocycles. The van der Waals surface area contributed by atoms with E-state index in [1.54, 1.807) is 18.5 Å². The molecular weight excluding hydrogens is 215 g/mol. The Morgan fingerprint density at radius 1 is 0.643 bits per heavy atom. The monoisotopic (exact) mass is 242 g/mol. The molecule has 0 aliphatic heterocycles. The molecule has 0 amide bonds. The van der Waals surface area contributed by atoms with E-state index in [2.05, 4.69) is 20.8 Å². The maximum absolute atomic E-state index is 2.31. The molecule has 0 fully saturated rings. The third kappa shape index (κ3) is 11.8. The molecule has 0 bridgehead atoms. The molecule has 0 nitrogen and oxygen atoms in total. The Bertz CT molecular complexity index is 77.3. The van der Waals surface area contributed by atoms with Gasteiger partial charge in [0.25, 0.3) is 0 Å². The van der Waals surface area contributed by atoms with Crippen LogP contribution >= 0.6 is 7.92 Å². The molecule has 0 aromatic carbocycles. The van der Waals surface area contributed by atoms with E-state index in [0.717, 1.165) is 0 Å². The maximum Gasteiger partial charge on any atom is 0 e. The molecule has 0 aromatic rings. The van der Waals surface area contributed by atoms with E-state index < -0.39 is 0 Å². The molecule has 88 valence electrons. The third-order valence-corrected chi connectivity index (χ3v) is 5.33. The third-order valence-electron chi connectivity index (χ3n) is 2.48. The van der Waals surface area contributed by atoms with Crippen molar-refractivity contribution in [3.05, 3.63) is 0 Å².